The summed E-state index contributed by atoms with van der Waals surface area (Å²) in [6.07, 6.45) is 0.692. The summed E-state index contributed by atoms with van der Waals surface area (Å²) in [6, 6.07) is 12.3. The lowest BCUT2D eigenvalue weighted by Gasteiger charge is -2.28. The Labute approximate surface area is 151 Å². The lowest BCUT2D eigenvalue weighted by atomic mass is 10.00. The standard InChI is InChI=1S/C20H20FNO4/c1-25-18-7-6-14(10-17(18)21)11-20(24)26-13-19(23)22-9-8-15-4-2-3-5-16(15)12-22/h2-7,10H,8-9,11-13H2,1H3. The summed E-state index contributed by atoms with van der Waals surface area (Å²) < 4.78 is 23.5. The van der Waals surface area contributed by atoms with Crippen LogP contribution in [0.2, 0.25) is 0 Å². The minimum Gasteiger partial charge on any atom is -0.494 e. The molecule has 0 unspecified atom stereocenters. The predicted octanol–water partition coefficient (Wildman–Crippen LogP) is 2.50. The monoisotopic (exact) mass is 357 g/mol. The maximum atomic E-state index is 13.6. The van der Waals surface area contributed by atoms with Crippen molar-refractivity contribution in [2.45, 2.75) is 19.4 Å². The lowest BCUT2D eigenvalue weighted by Crippen LogP contribution is -2.38. The van der Waals surface area contributed by atoms with Crippen LogP contribution in [-0.4, -0.2) is 37.0 Å². The Morgan fingerprint density at radius 1 is 1.15 bits per heavy atom. The third-order valence-electron chi connectivity index (χ3n) is 4.40. The molecule has 1 amide bonds. The van der Waals surface area contributed by atoms with Crippen LogP contribution in [0.15, 0.2) is 42.5 Å². The van der Waals surface area contributed by atoms with Crippen molar-refractivity contribution >= 4 is 11.9 Å². The molecule has 2 aromatic rings. The Kier molecular flexibility index (Phi) is 5.51. The van der Waals surface area contributed by atoms with Crippen LogP contribution in [0.4, 0.5) is 4.39 Å². The molecule has 0 saturated heterocycles. The van der Waals surface area contributed by atoms with Crippen LogP contribution in [0.5, 0.6) is 5.75 Å². The number of esters is 1. The second-order valence-electron chi connectivity index (χ2n) is 6.14. The van der Waals surface area contributed by atoms with Crippen molar-refractivity contribution in [1.82, 2.24) is 4.90 Å². The molecule has 1 aliphatic rings. The van der Waals surface area contributed by atoms with E-state index in [0.717, 1.165) is 12.0 Å². The molecule has 3 rings (SSSR count). The van der Waals surface area contributed by atoms with Crippen molar-refractivity contribution in [3.63, 3.8) is 0 Å². The molecule has 136 valence electrons. The van der Waals surface area contributed by atoms with Crippen molar-refractivity contribution in [1.29, 1.82) is 0 Å². The van der Waals surface area contributed by atoms with Gasteiger partial charge in [-0.1, -0.05) is 30.3 Å². The molecule has 1 aliphatic heterocycles. The summed E-state index contributed by atoms with van der Waals surface area (Å²) in [5.74, 6) is -1.22. The number of fused-ring (bicyclic) bond motifs is 1. The zero-order valence-corrected chi connectivity index (χ0v) is 14.5. The second kappa shape index (κ2) is 7.99. The number of nitrogens with zero attached hydrogens (tertiary/aromatic N) is 1. The number of ether oxygens (including phenoxy) is 2. The van der Waals surface area contributed by atoms with Crippen LogP contribution in [-0.2, 0) is 33.7 Å². The Morgan fingerprint density at radius 3 is 2.65 bits per heavy atom. The minimum absolute atomic E-state index is 0.100. The summed E-state index contributed by atoms with van der Waals surface area (Å²) in [5.41, 5.74) is 2.83. The summed E-state index contributed by atoms with van der Waals surface area (Å²) in [4.78, 5) is 25.9. The molecule has 0 spiro atoms. The van der Waals surface area contributed by atoms with Gasteiger partial charge in [-0.25, -0.2) is 4.39 Å². The van der Waals surface area contributed by atoms with Gasteiger partial charge >= 0.3 is 5.97 Å². The van der Waals surface area contributed by atoms with E-state index in [1.54, 1.807) is 11.0 Å². The van der Waals surface area contributed by atoms with Crippen molar-refractivity contribution in [3.05, 3.63) is 65.0 Å². The first-order chi connectivity index (χ1) is 12.6. The van der Waals surface area contributed by atoms with E-state index in [0.29, 0.717) is 18.7 Å². The van der Waals surface area contributed by atoms with Crippen molar-refractivity contribution < 1.29 is 23.5 Å². The molecule has 0 N–H and O–H groups in total. The Bertz CT molecular complexity index is 821. The number of carbonyl (C=O) groups is 2. The van der Waals surface area contributed by atoms with E-state index >= 15 is 0 Å². The maximum Gasteiger partial charge on any atom is 0.310 e. The van der Waals surface area contributed by atoms with Gasteiger partial charge in [0.15, 0.2) is 18.2 Å². The average Bonchev–Trinajstić information content (AvgIpc) is 2.66. The number of hydrogen-bond acceptors (Lipinski definition) is 4. The number of halogens is 1. The van der Waals surface area contributed by atoms with Crippen molar-refractivity contribution in [3.8, 4) is 5.75 Å². The summed E-state index contributed by atoms with van der Waals surface area (Å²) in [7, 11) is 1.37. The van der Waals surface area contributed by atoms with Crippen LogP contribution in [0.3, 0.4) is 0 Å². The number of benzene rings is 2. The van der Waals surface area contributed by atoms with Gasteiger partial charge in [-0.15, -0.1) is 0 Å². The number of carbonyl (C=O) groups excluding carboxylic acids is 2. The highest BCUT2D eigenvalue weighted by atomic mass is 19.1. The molecule has 0 bridgehead atoms. The lowest BCUT2D eigenvalue weighted by molar-refractivity contribution is -0.151. The highest BCUT2D eigenvalue weighted by molar-refractivity contribution is 5.81. The second-order valence-corrected chi connectivity index (χ2v) is 6.14. The third-order valence-corrected chi connectivity index (χ3v) is 4.40. The van der Waals surface area contributed by atoms with Gasteiger partial charge in [0.05, 0.1) is 13.5 Å². The number of amides is 1. The van der Waals surface area contributed by atoms with Gasteiger partial charge in [0.25, 0.3) is 5.91 Å². The van der Waals surface area contributed by atoms with Gasteiger partial charge < -0.3 is 14.4 Å². The van der Waals surface area contributed by atoms with E-state index < -0.39 is 11.8 Å². The summed E-state index contributed by atoms with van der Waals surface area (Å²) >= 11 is 0. The van der Waals surface area contributed by atoms with E-state index in [2.05, 4.69) is 6.07 Å². The predicted molar refractivity (Wildman–Crippen MR) is 93.2 cm³/mol. The Balaban J connectivity index is 1.50. The molecule has 0 aromatic heterocycles. The highest BCUT2D eigenvalue weighted by Crippen LogP contribution is 2.19. The SMILES string of the molecule is COc1ccc(CC(=O)OCC(=O)N2CCc3ccccc3C2)cc1F. The normalized spacial score (nSPS) is 13.1. The van der Waals surface area contributed by atoms with Gasteiger partial charge in [-0.3, -0.25) is 9.59 Å². The quantitative estimate of drug-likeness (QED) is 0.772. The van der Waals surface area contributed by atoms with Crippen LogP contribution >= 0.6 is 0 Å². The van der Waals surface area contributed by atoms with Gasteiger partial charge in [0.2, 0.25) is 0 Å². The molecule has 0 aliphatic carbocycles. The fourth-order valence-electron chi connectivity index (χ4n) is 2.98. The van der Waals surface area contributed by atoms with Gasteiger partial charge in [0.1, 0.15) is 0 Å². The number of hydrogen-bond donors (Lipinski definition) is 0. The molecule has 1 heterocycles. The zero-order chi connectivity index (χ0) is 18.5. The van der Waals surface area contributed by atoms with Crippen LogP contribution in [0, 0.1) is 5.82 Å². The first-order valence-electron chi connectivity index (χ1n) is 8.39. The fourth-order valence-corrected chi connectivity index (χ4v) is 2.98. The average molecular weight is 357 g/mol. The van der Waals surface area contributed by atoms with Gasteiger partial charge in [-0.05, 0) is 35.2 Å². The van der Waals surface area contributed by atoms with E-state index in [-0.39, 0.29) is 24.7 Å². The first kappa shape index (κ1) is 17.9. The molecule has 2 aromatic carbocycles. The zero-order valence-electron chi connectivity index (χ0n) is 14.5. The maximum absolute atomic E-state index is 13.6. The largest absolute Gasteiger partial charge is 0.494 e. The molecule has 26 heavy (non-hydrogen) atoms. The van der Waals surface area contributed by atoms with E-state index in [1.165, 1.54) is 24.8 Å². The third kappa shape index (κ3) is 4.20. The molecule has 0 fully saturated rings. The summed E-state index contributed by atoms with van der Waals surface area (Å²) in [5, 5.41) is 0. The van der Waals surface area contributed by atoms with Gasteiger partial charge in [0, 0.05) is 13.1 Å². The molecular formula is C20H20FNO4. The number of rotatable bonds is 5. The number of methoxy groups -OCH3 is 1. The van der Waals surface area contributed by atoms with E-state index in [9.17, 15) is 14.0 Å². The van der Waals surface area contributed by atoms with Crippen LogP contribution in [0.25, 0.3) is 0 Å². The topological polar surface area (TPSA) is 55.8 Å². The smallest absolute Gasteiger partial charge is 0.310 e. The van der Waals surface area contributed by atoms with E-state index in [4.69, 9.17) is 9.47 Å². The minimum atomic E-state index is -0.569. The molecular weight excluding hydrogens is 337 g/mol. The summed E-state index contributed by atoms with van der Waals surface area (Å²) in [6.45, 7) is 0.826. The molecule has 6 heteroatoms. The van der Waals surface area contributed by atoms with Gasteiger partial charge in [-0.2, -0.15) is 0 Å². The Morgan fingerprint density at radius 2 is 1.92 bits per heavy atom. The van der Waals surface area contributed by atoms with Crippen molar-refractivity contribution in [2.24, 2.45) is 0 Å². The molecule has 0 atom stereocenters. The Hall–Kier alpha value is -2.89. The van der Waals surface area contributed by atoms with Crippen LogP contribution in [0.1, 0.15) is 16.7 Å². The first-order valence-corrected chi connectivity index (χ1v) is 8.39. The molecule has 0 saturated carbocycles. The van der Waals surface area contributed by atoms with Crippen LogP contribution < -0.4 is 4.74 Å². The molecule has 5 nitrogen and oxygen atoms in total. The van der Waals surface area contributed by atoms with E-state index in [1.807, 2.05) is 18.2 Å². The highest BCUT2D eigenvalue weighted by Gasteiger charge is 2.21. The molecule has 0 radical (unpaired) electrons. The fraction of sp³-hybridized carbons (Fsp3) is 0.300. The van der Waals surface area contributed by atoms with Crippen molar-refractivity contribution in [2.75, 3.05) is 20.3 Å².